The average molecular weight is 412 g/mol. The highest BCUT2D eigenvalue weighted by Gasteiger charge is 2.25. The number of fused-ring (bicyclic) bond motifs is 1. The largest absolute Gasteiger partial charge is 0.494 e. The van der Waals surface area contributed by atoms with Crippen molar-refractivity contribution in [3.8, 4) is 17.2 Å². The van der Waals surface area contributed by atoms with E-state index in [9.17, 15) is 9.59 Å². The van der Waals surface area contributed by atoms with Crippen LogP contribution in [0.25, 0.3) is 0 Å². The molecule has 160 valence electrons. The number of ether oxygens (including phenoxy) is 3. The molecule has 0 spiro atoms. The van der Waals surface area contributed by atoms with Gasteiger partial charge in [-0.05, 0) is 55.8 Å². The van der Waals surface area contributed by atoms with Gasteiger partial charge in [0.25, 0.3) is 11.8 Å². The van der Waals surface area contributed by atoms with Gasteiger partial charge in [0.2, 0.25) is 0 Å². The van der Waals surface area contributed by atoms with Gasteiger partial charge in [0, 0.05) is 12.2 Å². The number of unbranched alkanes of at least 4 members (excludes halogenated alkanes) is 2. The van der Waals surface area contributed by atoms with E-state index in [0.717, 1.165) is 25.0 Å². The Bertz CT molecular complexity index is 866. The van der Waals surface area contributed by atoms with E-state index < -0.39 is 0 Å². The van der Waals surface area contributed by atoms with Crippen LogP contribution in [0, 0.1) is 0 Å². The smallest absolute Gasteiger partial charge is 0.265 e. The Balaban J connectivity index is 1.59. The van der Waals surface area contributed by atoms with Gasteiger partial charge >= 0.3 is 0 Å². The zero-order valence-corrected chi connectivity index (χ0v) is 17.5. The Labute approximate surface area is 176 Å². The number of benzene rings is 2. The van der Waals surface area contributed by atoms with Crippen molar-refractivity contribution in [3.63, 3.8) is 0 Å². The van der Waals surface area contributed by atoms with Crippen molar-refractivity contribution in [2.24, 2.45) is 0 Å². The van der Waals surface area contributed by atoms with Crippen LogP contribution in [-0.4, -0.2) is 38.2 Å². The topological polar surface area (TPSA) is 77.1 Å². The van der Waals surface area contributed by atoms with Crippen molar-refractivity contribution >= 4 is 23.2 Å². The van der Waals surface area contributed by atoms with E-state index in [1.807, 2.05) is 6.92 Å². The Morgan fingerprint density at radius 3 is 2.50 bits per heavy atom. The zero-order chi connectivity index (χ0) is 21.3. The third kappa shape index (κ3) is 5.65. The molecule has 0 bridgehead atoms. The van der Waals surface area contributed by atoms with E-state index in [2.05, 4.69) is 12.2 Å². The first-order valence-electron chi connectivity index (χ1n) is 10.3. The highest BCUT2D eigenvalue weighted by molar-refractivity contribution is 5.99. The lowest BCUT2D eigenvalue weighted by molar-refractivity contribution is -0.121. The van der Waals surface area contributed by atoms with Gasteiger partial charge in [-0.15, -0.1) is 0 Å². The van der Waals surface area contributed by atoms with E-state index in [1.165, 1.54) is 0 Å². The molecule has 7 heteroatoms. The van der Waals surface area contributed by atoms with Crippen molar-refractivity contribution < 1.29 is 23.8 Å². The van der Waals surface area contributed by atoms with Crippen molar-refractivity contribution in [2.45, 2.75) is 33.1 Å². The van der Waals surface area contributed by atoms with Crippen molar-refractivity contribution in [1.29, 1.82) is 0 Å². The molecule has 0 atom stereocenters. The molecule has 0 radical (unpaired) electrons. The van der Waals surface area contributed by atoms with Gasteiger partial charge in [-0.1, -0.05) is 19.8 Å². The van der Waals surface area contributed by atoms with Gasteiger partial charge < -0.3 is 24.4 Å². The van der Waals surface area contributed by atoms with Crippen LogP contribution in [0.1, 0.15) is 33.1 Å². The Morgan fingerprint density at radius 1 is 1.07 bits per heavy atom. The number of carbonyl (C=O) groups is 2. The molecule has 7 nitrogen and oxygen atoms in total. The monoisotopic (exact) mass is 412 g/mol. The molecule has 0 saturated carbocycles. The number of rotatable bonds is 10. The number of hydrogen-bond acceptors (Lipinski definition) is 5. The first-order chi connectivity index (χ1) is 14.6. The highest BCUT2D eigenvalue weighted by Crippen LogP contribution is 2.34. The molecule has 1 aliphatic heterocycles. The zero-order valence-electron chi connectivity index (χ0n) is 17.5. The molecule has 0 aliphatic carbocycles. The van der Waals surface area contributed by atoms with E-state index in [1.54, 1.807) is 47.4 Å². The molecule has 2 amide bonds. The van der Waals surface area contributed by atoms with Crippen LogP contribution < -0.4 is 24.4 Å². The summed E-state index contributed by atoms with van der Waals surface area (Å²) in [6.07, 6.45) is 3.06. The molecule has 1 N–H and O–H groups in total. The molecular weight excluding hydrogens is 384 g/mol. The second kappa shape index (κ2) is 10.5. The Morgan fingerprint density at radius 2 is 1.80 bits per heavy atom. The quantitative estimate of drug-likeness (QED) is 0.597. The summed E-state index contributed by atoms with van der Waals surface area (Å²) in [7, 11) is 0. The summed E-state index contributed by atoms with van der Waals surface area (Å²) in [5.41, 5.74) is 1.28. The van der Waals surface area contributed by atoms with E-state index >= 15 is 0 Å². The van der Waals surface area contributed by atoms with Gasteiger partial charge in [-0.2, -0.15) is 0 Å². The van der Waals surface area contributed by atoms with Crippen LogP contribution in [0.2, 0.25) is 0 Å². The van der Waals surface area contributed by atoms with Gasteiger partial charge in [-0.3, -0.25) is 9.59 Å². The minimum atomic E-state index is -0.288. The molecule has 0 unspecified atom stereocenters. The number of nitrogens with zero attached hydrogens (tertiary/aromatic N) is 1. The number of hydrogen-bond donors (Lipinski definition) is 1. The maximum atomic E-state index is 12.3. The second-order valence-corrected chi connectivity index (χ2v) is 6.96. The average Bonchev–Trinajstić information content (AvgIpc) is 2.75. The lowest BCUT2D eigenvalue weighted by atomic mass is 10.1. The fourth-order valence-corrected chi connectivity index (χ4v) is 3.19. The summed E-state index contributed by atoms with van der Waals surface area (Å²) in [5, 5.41) is 2.81. The summed E-state index contributed by atoms with van der Waals surface area (Å²) in [4.78, 5) is 26.3. The molecule has 0 fully saturated rings. The van der Waals surface area contributed by atoms with Crippen LogP contribution in [0.4, 0.5) is 11.4 Å². The number of amides is 2. The van der Waals surface area contributed by atoms with E-state index in [4.69, 9.17) is 14.2 Å². The summed E-state index contributed by atoms with van der Waals surface area (Å²) in [5.74, 6) is 1.63. The van der Waals surface area contributed by atoms with E-state index in [0.29, 0.717) is 36.0 Å². The molecule has 0 aromatic heterocycles. The van der Waals surface area contributed by atoms with Gasteiger partial charge in [0.1, 0.15) is 17.2 Å². The van der Waals surface area contributed by atoms with Gasteiger partial charge in [0.15, 0.2) is 13.2 Å². The maximum absolute atomic E-state index is 12.3. The van der Waals surface area contributed by atoms with Gasteiger partial charge in [0.05, 0.1) is 12.3 Å². The van der Waals surface area contributed by atoms with Crippen LogP contribution in [0.15, 0.2) is 42.5 Å². The molecule has 0 saturated heterocycles. The number of nitrogens with one attached hydrogen (secondary N) is 1. The highest BCUT2D eigenvalue weighted by atomic mass is 16.5. The predicted molar refractivity (Wildman–Crippen MR) is 116 cm³/mol. The third-order valence-electron chi connectivity index (χ3n) is 4.68. The van der Waals surface area contributed by atoms with Gasteiger partial charge in [-0.25, -0.2) is 0 Å². The SMILES string of the molecule is CCCCCN1C(=O)COc2ccc(NC(=O)COc3ccc(OCC)cc3)cc21. The number of carbonyl (C=O) groups excluding carboxylic acids is 2. The molecule has 1 aliphatic rings. The molecule has 3 rings (SSSR count). The molecule has 2 aromatic carbocycles. The first kappa shape index (κ1) is 21.5. The summed E-state index contributed by atoms with van der Waals surface area (Å²) in [6.45, 7) is 5.19. The second-order valence-electron chi connectivity index (χ2n) is 6.96. The lowest BCUT2D eigenvalue weighted by Crippen LogP contribution is -2.39. The third-order valence-corrected chi connectivity index (χ3v) is 4.68. The van der Waals surface area contributed by atoms with Crippen LogP contribution >= 0.6 is 0 Å². The van der Waals surface area contributed by atoms with Crippen molar-refractivity contribution in [2.75, 3.05) is 36.6 Å². The molecule has 1 heterocycles. The standard InChI is InChI=1S/C23H28N2O5/c1-3-5-6-13-25-20-14-17(7-12-21(20)30-16-23(25)27)24-22(26)15-29-19-10-8-18(9-11-19)28-4-2/h7-12,14H,3-6,13,15-16H2,1-2H3,(H,24,26). The molecule has 2 aromatic rings. The predicted octanol–water partition coefficient (Wildman–Crippen LogP) is 4.02. The Kier molecular flexibility index (Phi) is 7.54. The maximum Gasteiger partial charge on any atom is 0.265 e. The summed E-state index contributed by atoms with van der Waals surface area (Å²) < 4.78 is 16.4. The molecule has 30 heavy (non-hydrogen) atoms. The van der Waals surface area contributed by atoms with Crippen LogP contribution in [0.5, 0.6) is 17.2 Å². The summed E-state index contributed by atoms with van der Waals surface area (Å²) >= 11 is 0. The minimum Gasteiger partial charge on any atom is -0.494 e. The molecular formula is C23H28N2O5. The normalized spacial score (nSPS) is 12.7. The summed E-state index contributed by atoms with van der Waals surface area (Å²) in [6, 6.07) is 12.4. The lowest BCUT2D eigenvalue weighted by Gasteiger charge is -2.29. The van der Waals surface area contributed by atoms with Crippen molar-refractivity contribution in [1.82, 2.24) is 0 Å². The van der Waals surface area contributed by atoms with E-state index in [-0.39, 0.29) is 25.0 Å². The minimum absolute atomic E-state index is 0.0424. The van der Waals surface area contributed by atoms with Crippen LogP contribution in [-0.2, 0) is 9.59 Å². The Hall–Kier alpha value is -3.22. The number of anilines is 2. The van der Waals surface area contributed by atoms with Crippen LogP contribution in [0.3, 0.4) is 0 Å². The van der Waals surface area contributed by atoms with Crippen molar-refractivity contribution in [3.05, 3.63) is 42.5 Å². The first-order valence-corrected chi connectivity index (χ1v) is 10.3. The fourth-order valence-electron chi connectivity index (χ4n) is 3.19. The fraction of sp³-hybridized carbons (Fsp3) is 0.391.